The third-order valence-corrected chi connectivity index (χ3v) is 7.94. The van der Waals surface area contributed by atoms with E-state index in [0.29, 0.717) is 49.7 Å². The van der Waals surface area contributed by atoms with Crippen LogP contribution in [0.15, 0.2) is 53.9 Å². The van der Waals surface area contributed by atoms with E-state index >= 15 is 0 Å². The van der Waals surface area contributed by atoms with Crippen LogP contribution in [0.4, 0.5) is 35.2 Å². The molecule has 228 valence electrons. The number of hydrogen-bond donors (Lipinski definition) is 2. The van der Waals surface area contributed by atoms with E-state index in [1.54, 1.807) is 41.3 Å². The molecule has 0 aliphatic carbocycles. The Kier molecular flexibility index (Phi) is 9.35. The lowest BCUT2D eigenvalue weighted by Gasteiger charge is -2.35. The number of amides is 3. The summed E-state index contributed by atoms with van der Waals surface area (Å²) in [7, 11) is 0. The molecule has 0 radical (unpaired) electrons. The van der Waals surface area contributed by atoms with E-state index in [9.17, 15) is 28.0 Å². The molecule has 1 unspecified atom stereocenters. The summed E-state index contributed by atoms with van der Waals surface area (Å²) < 4.78 is 47.6. The number of urea groups is 1. The Bertz CT molecular complexity index is 1380. The number of hydrogen-bond acceptors (Lipinski definition) is 7. The van der Waals surface area contributed by atoms with Gasteiger partial charge in [-0.3, -0.25) is 9.69 Å². The number of halogens is 3. The van der Waals surface area contributed by atoms with Crippen LogP contribution in [0.1, 0.15) is 44.1 Å². The number of ether oxygens (including phenoxy) is 1. The number of para-hydroxylation sites is 1. The van der Waals surface area contributed by atoms with Gasteiger partial charge in [0, 0.05) is 39.3 Å². The number of piperidine rings is 1. The first kappa shape index (κ1) is 30.2. The van der Waals surface area contributed by atoms with Crippen molar-refractivity contribution >= 4 is 29.1 Å². The van der Waals surface area contributed by atoms with Gasteiger partial charge in [0.2, 0.25) is 0 Å². The fourth-order valence-electron chi connectivity index (χ4n) is 5.62. The van der Waals surface area contributed by atoms with E-state index in [1.165, 1.54) is 6.20 Å². The Hall–Kier alpha value is -4.31. The number of piperazine rings is 1. The molecule has 4 heterocycles. The number of allylic oxidation sites excluding steroid dienone is 1. The van der Waals surface area contributed by atoms with Gasteiger partial charge >= 0.3 is 12.2 Å². The van der Waals surface area contributed by atoms with Crippen molar-refractivity contribution in [3.05, 3.63) is 59.5 Å². The van der Waals surface area contributed by atoms with Crippen LogP contribution in [0, 0.1) is 11.3 Å². The maximum absolute atomic E-state index is 13.9. The number of nitrogens with zero attached hydrogens (tertiary/aromatic N) is 5. The topological polar surface area (TPSA) is 114 Å². The molecule has 1 aromatic heterocycles. The molecule has 1 aromatic carbocycles. The summed E-state index contributed by atoms with van der Waals surface area (Å²) in [5, 5.41) is 14.6. The molecular weight excluding hydrogens is 563 g/mol. The molecule has 10 nitrogen and oxygen atoms in total. The Labute approximate surface area is 248 Å². The minimum absolute atomic E-state index is 0.249. The first-order chi connectivity index (χ1) is 20.7. The first-order valence-electron chi connectivity index (χ1n) is 14.5. The van der Waals surface area contributed by atoms with Gasteiger partial charge in [-0.25, -0.2) is 9.78 Å². The first-order valence-corrected chi connectivity index (χ1v) is 14.5. The van der Waals surface area contributed by atoms with Crippen LogP contribution in [0.5, 0.6) is 0 Å². The van der Waals surface area contributed by atoms with Crippen molar-refractivity contribution < 1.29 is 27.5 Å². The highest BCUT2D eigenvalue weighted by molar-refractivity contribution is 6.03. The number of benzene rings is 1. The zero-order valence-electron chi connectivity index (χ0n) is 23.7. The lowest BCUT2D eigenvalue weighted by Crippen LogP contribution is -2.50. The average Bonchev–Trinajstić information content (AvgIpc) is 3.26. The number of aromatic nitrogens is 1. The molecule has 1 atom stereocenters. The molecule has 3 aliphatic heterocycles. The van der Waals surface area contributed by atoms with Gasteiger partial charge in [-0.15, -0.1) is 0 Å². The molecule has 3 aliphatic rings. The van der Waals surface area contributed by atoms with Gasteiger partial charge in [-0.2, -0.15) is 18.4 Å². The molecule has 3 amide bonds. The monoisotopic (exact) mass is 597 g/mol. The van der Waals surface area contributed by atoms with Crippen LogP contribution in [0.3, 0.4) is 0 Å². The van der Waals surface area contributed by atoms with Gasteiger partial charge in [0.15, 0.2) is 12.0 Å². The number of pyridine rings is 1. The summed E-state index contributed by atoms with van der Waals surface area (Å²) in [6.07, 6.45) is -0.428. The van der Waals surface area contributed by atoms with Crippen molar-refractivity contribution in [2.45, 2.75) is 50.9 Å². The Morgan fingerprint density at radius 2 is 1.70 bits per heavy atom. The van der Waals surface area contributed by atoms with Gasteiger partial charge in [0.25, 0.3) is 5.91 Å². The highest BCUT2D eigenvalue weighted by Gasteiger charge is 2.42. The Morgan fingerprint density at radius 3 is 2.37 bits per heavy atom. The maximum Gasteiger partial charge on any atom is 0.416 e. The zero-order chi connectivity index (χ0) is 30.4. The highest BCUT2D eigenvalue weighted by Crippen LogP contribution is 2.37. The van der Waals surface area contributed by atoms with Crippen LogP contribution in [0.2, 0.25) is 0 Å². The van der Waals surface area contributed by atoms with Crippen molar-refractivity contribution in [3.63, 3.8) is 0 Å². The quantitative estimate of drug-likeness (QED) is 0.495. The summed E-state index contributed by atoms with van der Waals surface area (Å²) in [5.41, 5.74) is 0.141. The summed E-state index contributed by atoms with van der Waals surface area (Å²) in [4.78, 5) is 35.9. The van der Waals surface area contributed by atoms with E-state index in [4.69, 9.17) is 4.74 Å². The van der Waals surface area contributed by atoms with Crippen molar-refractivity contribution in [1.82, 2.24) is 14.8 Å². The van der Waals surface area contributed by atoms with Gasteiger partial charge < -0.3 is 25.2 Å². The number of nitrogens with one attached hydrogen (secondary N) is 2. The van der Waals surface area contributed by atoms with Crippen LogP contribution in [-0.4, -0.2) is 78.4 Å². The number of rotatable bonds is 5. The number of carbonyl (C=O) groups excluding carboxylic acids is 2. The standard InChI is InChI=1S/C30H34F3N7O3/c31-30(32,33)23-8-6-10-26(39-13-4-1-5-14-39)43-27(23)28(41)36-22-11-12-25(35-20-22)38-15-17-40(18-16-38)29(42)37-24-9-3-2-7-21(24)19-34/h2-3,7,9,11-12,20,26H,1,4-6,8,10,13-18H2,(H,36,41)(H,37,42). The fourth-order valence-corrected chi connectivity index (χ4v) is 5.62. The number of anilines is 3. The van der Waals surface area contributed by atoms with Gasteiger partial charge in [-0.1, -0.05) is 18.6 Å². The predicted molar refractivity (Wildman–Crippen MR) is 154 cm³/mol. The molecule has 5 rings (SSSR count). The molecule has 2 saturated heterocycles. The second kappa shape index (κ2) is 13.3. The zero-order valence-corrected chi connectivity index (χ0v) is 23.7. The Balaban J connectivity index is 1.20. The minimum atomic E-state index is -4.68. The summed E-state index contributed by atoms with van der Waals surface area (Å²) in [5.74, 6) is -1.00. The smallest absolute Gasteiger partial charge is 0.416 e. The molecule has 2 fully saturated rings. The van der Waals surface area contributed by atoms with E-state index in [-0.39, 0.29) is 24.6 Å². The van der Waals surface area contributed by atoms with E-state index in [0.717, 1.165) is 32.4 Å². The number of carbonyl (C=O) groups is 2. The van der Waals surface area contributed by atoms with Crippen molar-refractivity contribution in [2.24, 2.45) is 0 Å². The van der Waals surface area contributed by atoms with Crippen LogP contribution >= 0.6 is 0 Å². The van der Waals surface area contributed by atoms with Crippen LogP contribution in [0.25, 0.3) is 0 Å². The Morgan fingerprint density at radius 1 is 0.953 bits per heavy atom. The number of nitriles is 1. The van der Waals surface area contributed by atoms with Gasteiger partial charge in [0.05, 0.1) is 28.7 Å². The second-order valence-corrected chi connectivity index (χ2v) is 10.8. The fraction of sp³-hybridized carbons (Fsp3) is 0.467. The van der Waals surface area contributed by atoms with Gasteiger partial charge in [0.1, 0.15) is 11.9 Å². The van der Waals surface area contributed by atoms with Gasteiger partial charge in [-0.05, 0) is 56.4 Å². The maximum atomic E-state index is 13.9. The summed E-state index contributed by atoms with van der Waals surface area (Å²) in [6, 6.07) is 11.8. The van der Waals surface area contributed by atoms with E-state index in [2.05, 4.69) is 21.7 Å². The molecule has 0 saturated carbocycles. The second-order valence-electron chi connectivity index (χ2n) is 10.8. The van der Waals surface area contributed by atoms with Crippen LogP contribution in [-0.2, 0) is 9.53 Å². The van der Waals surface area contributed by atoms with Crippen LogP contribution < -0.4 is 15.5 Å². The summed E-state index contributed by atoms with van der Waals surface area (Å²) >= 11 is 0. The molecule has 0 spiro atoms. The largest absolute Gasteiger partial charge is 0.469 e. The highest BCUT2D eigenvalue weighted by atomic mass is 19.4. The third-order valence-electron chi connectivity index (χ3n) is 7.94. The van der Waals surface area contributed by atoms with E-state index < -0.39 is 29.6 Å². The lowest BCUT2D eigenvalue weighted by molar-refractivity contribution is -0.124. The van der Waals surface area contributed by atoms with Crippen molar-refractivity contribution in [2.75, 3.05) is 54.8 Å². The minimum Gasteiger partial charge on any atom is -0.469 e. The molecule has 13 heteroatoms. The molecular formula is C30H34F3N7O3. The number of alkyl halides is 3. The predicted octanol–water partition coefficient (Wildman–Crippen LogP) is 5.07. The molecule has 2 N–H and O–H groups in total. The molecule has 43 heavy (non-hydrogen) atoms. The van der Waals surface area contributed by atoms with Crippen molar-refractivity contribution in [1.29, 1.82) is 5.26 Å². The third kappa shape index (κ3) is 7.37. The van der Waals surface area contributed by atoms with E-state index in [1.807, 2.05) is 9.80 Å². The molecule has 0 bridgehead atoms. The normalized spacial score (nSPS) is 20.1. The average molecular weight is 598 g/mol. The lowest BCUT2D eigenvalue weighted by atomic mass is 10.1. The van der Waals surface area contributed by atoms with Crippen molar-refractivity contribution in [3.8, 4) is 6.07 Å². The summed E-state index contributed by atoms with van der Waals surface area (Å²) in [6.45, 7) is 3.31. The molecule has 2 aromatic rings. The SMILES string of the molecule is N#Cc1ccccc1NC(=O)N1CCN(c2ccc(NC(=O)C3=C(C(F)(F)F)CCCC(N4CCCCC4)O3)cn2)CC1. The number of likely N-dealkylation sites (tertiary alicyclic amines) is 1.